The number of amides is 1. The average Bonchev–Trinajstić information content (AvgIpc) is 2.63. The van der Waals surface area contributed by atoms with Crippen molar-refractivity contribution < 1.29 is 9.18 Å². The van der Waals surface area contributed by atoms with Gasteiger partial charge in [0.25, 0.3) is 5.91 Å². The van der Waals surface area contributed by atoms with Crippen LogP contribution in [0.4, 0.5) is 10.1 Å². The lowest BCUT2D eigenvalue weighted by molar-refractivity contribution is -0.126. The number of nitrogens with one attached hydrogen (secondary N) is 2. The summed E-state index contributed by atoms with van der Waals surface area (Å²) in [4.78, 5) is 15.0. The Hall–Kier alpha value is -2.05. The molecule has 1 saturated heterocycles. The summed E-state index contributed by atoms with van der Waals surface area (Å²) in [7, 11) is 0. The number of hydrogen-bond acceptors (Lipinski definition) is 4. The van der Waals surface area contributed by atoms with E-state index in [1.54, 1.807) is 12.1 Å². The van der Waals surface area contributed by atoms with Gasteiger partial charge in [-0.1, -0.05) is 30.3 Å². The first kappa shape index (κ1) is 16.8. The molecular weight excluding hydrogens is 325 g/mol. The third kappa shape index (κ3) is 4.27. The maximum Gasteiger partial charge on any atom is 0.260 e. The number of thioether (sulfide) groups is 1. The molecule has 0 bridgehead atoms. The molecule has 0 spiro atoms. The van der Waals surface area contributed by atoms with Crippen LogP contribution in [0.5, 0.6) is 0 Å². The Labute approximate surface area is 145 Å². The molecule has 1 heterocycles. The molecule has 0 radical (unpaired) electrons. The molecule has 1 atom stereocenters. The summed E-state index contributed by atoms with van der Waals surface area (Å²) < 4.78 is 13.0. The molecule has 4 nitrogen and oxygen atoms in total. The van der Waals surface area contributed by atoms with E-state index >= 15 is 0 Å². The van der Waals surface area contributed by atoms with Crippen molar-refractivity contribution in [2.75, 3.05) is 30.0 Å². The van der Waals surface area contributed by atoms with Gasteiger partial charge in [-0.3, -0.25) is 20.5 Å². The Balaban J connectivity index is 1.72. The molecule has 1 unspecified atom stereocenters. The van der Waals surface area contributed by atoms with Crippen LogP contribution in [0.2, 0.25) is 0 Å². The maximum atomic E-state index is 13.0. The van der Waals surface area contributed by atoms with Gasteiger partial charge in [0.05, 0.1) is 5.69 Å². The molecule has 24 heavy (non-hydrogen) atoms. The number of nitrogens with zero attached hydrogens (tertiary/aromatic N) is 1. The fraction of sp³-hybridized carbons (Fsp3) is 0.278. The second-order valence-electron chi connectivity index (χ2n) is 5.58. The molecule has 1 amide bonds. The molecule has 0 aliphatic carbocycles. The highest BCUT2D eigenvalue weighted by atomic mass is 32.2. The van der Waals surface area contributed by atoms with Gasteiger partial charge in [0.1, 0.15) is 11.9 Å². The van der Waals surface area contributed by atoms with Crippen LogP contribution in [0.1, 0.15) is 11.6 Å². The van der Waals surface area contributed by atoms with E-state index in [1.165, 1.54) is 12.1 Å². The number of benzene rings is 2. The van der Waals surface area contributed by atoms with Crippen LogP contribution >= 0.6 is 11.8 Å². The molecule has 1 fully saturated rings. The summed E-state index contributed by atoms with van der Waals surface area (Å²) in [5.41, 5.74) is 7.24. The first-order chi connectivity index (χ1) is 11.7. The Morgan fingerprint density at radius 3 is 2.38 bits per heavy atom. The summed E-state index contributed by atoms with van der Waals surface area (Å²) in [6.45, 7) is 1.77. The van der Waals surface area contributed by atoms with Gasteiger partial charge in [-0.15, -0.1) is 0 Å². The number of rotatable bonds is 5. The normalized spacial score (nSPS) is 16.4. The Bertz CT molecular complexity index is 660. The van der Waals surface area contributed by atoms with Gasteiger partial charge in [0.2, 0.25) is 0 Å². The van der Waals surface area contributed by atoms with Crippen molar-refractivity contribution in [3.8, 4) is 0 Å². The number of carbonyl (C=O) groups excluding carboxylic acids is 1. The molecule has 3 rings (SSSR count). The fourth-order valence-corrected chi connectivity index (χ4v) is 3.67. The van der Waals surface area contributed by atoms with E-state index in [-0.39, 0.29) is 17.8 Å². The summed E-state index contributed by atoms with van der Waals surface area (Å²) >= 11 is 1.91. The van der Waals surface area contributed by atoms with E-state index in [9.17, 15) is 9.18 Å². The highest BCUT2D eigenvalue weighted by Gasteiger charge is 2.28. The quantitative estimate of drug-likeness (QED) is 0.818. The van der Waals surface area contributed by atoms with Gasteiger partial charge in [-0.05, 0) is 29.8 Å². The van der Waals surface area contributed by atoms with Gasteiger partial charge in [-0.25, -0.2) is 4.39 Å². The van der Waals surface area contributed by atoms with Crippen LogP contribution < -0.4 is 10.9 Å². The summed E-state index contributed by atoms with van der Waals surface area (Å²) in [6, 6.07) is 15.3. The molecular formula is C18H20FN3OS. The standard InChI is InChI=1S/C18H20FN3OS/c19-15-6-8-16(9-7-15)20-21-18(23)17(14-4-2-1-3-5-14)22-10-12-24-13-11-22/h1-9,17,20H,10-13H2,(H,21,23). The van der Waals surface area contributed by atoms with Crippen LogP contribution in [0, 0.1) is 5.82 Å². The lowest BCUT2D eigenvalue weighted by atomic mass is 10.0. The van der Waals surface area contributed by atoms with Crippen molar-refractivity contribution in [3.63, 3.8) is 0 Å². The summed E-state index contributed by atoms with van der Waals surface area (Å²) in [5, 5.41) is 0. The number of anilines is 1. The average molecular weight is 345 g/mol. The van der Waals surface area contributed by atoms with E-state index in [0.717, 1.165) is 30.2 Å². The highest BCUT2D eigenvalue weighted by molar-refractivity contribution is 7.99. The smallest absolute Gasteiger partial charge is 0.260 e. The van der Waals surface area contributed by atoms with Crippen LogP contribution in [0.3, 0.4) is 0 Å². The molecule has 2 aromatic carbocycles. The Morgan fingerprint density at radius 2 is 1.71 bits per heavy atom. The van der Waals surface area contributed by atoms with Gasteiger partial charge in [-0.2, -0.15) is 11.8 Å². The minimum atomic E-state index is -0.333. The van der Waals surface area contributed by atoms with Crippen molar-refractivity contribution in [2.45, 2.75) is 6.04 Å². The van der Waals surface area contributed by atoms with Gasteiger partial charge in [0, 0.05) is 24.6 Å². The van der Waals surface area contributed by atoms with Crippen molar-refractivity contribution >= 4 is 23.4 Å². The zero-order valence-corrected chi connectivity index (χ0v) is 14.1. The lowest BCUT2D eigenvalue weighted by Gasteiger charge is -2.33. The van der Waals surface area contributed by atoms with Crippen molar-refractivity contribution in [3.05, 3.63) is 66.0 Å². The monoisotopic (exact) mass is 345 g/mol. The Kier molecular flexibility index (Phi) is 5.72. The zero-order valence-electron chi connectivity index (χ0n) is 13.2. The third-order valence-electron chi connectivity index (χ3n) is 3.95. The van der Waals surface area contributed by atoms with Crippen LogP contribution in [-0.4, -0.2) is 35.4 Å². The topological polar surface area (TPSA) is 44.4 Å². The van der Waals surface area contributed by atoms with Crippen molar-refractivity contribution in [1.29, 1.82) is 0 Å². The molecule has 2 N–H and O–H groups in total. The molecule has 2 aromatic rings. The number of halogens is 1. The minimum absolute atomic E-state index is 0.113. The van der Waals surface area contributed by atoms with E-state index in [1.807, 2.05) is 42.1 Å². The summed E-state index contributed by atoms with van der Waals surface area (Å²) in [6.07, 6.45) is 0. The first-order valence-electron chi connectivity index (χ1n) is 7.92. The number of hydrazine groups is 1. The van der Waals surface area contributed by atoms with E-state index in [2.05, 4.69) is 15.8 Å². The molecule has 1 aliphatic rings. The van der Waals surface area contributed by atoms with E-state index in [0.29, 0.717) is 5.69 Å². The predicted molar refractivity (Wildman–Crippen MR) is 96.2 cm³/mol. The third-order valence-corrected chi connectivity index (χ3v) is 4.89. The largest absolute Gasteiger partial charge is 0.299 e. The Morgan fingerprint density at radius 1 is 1.04 bits per heavy atom. The highest BCUT2D eigenvalue weighted by Crippen LogP contribution is 2.24. The maximum absolute atomic E-state index is 13.0. The van der Waals surface area contributed by atoms with E-state index < -0.39 is 0 Å². The van der Waals surface area contributed by atoms with Crippen molar-refractivity contribution in [2.24, 2.45) is 0 Å². The van der Waals surface area contributed by atoms with Gasteiger partial charge in [0.15, 0.2) is 0 Å². The molecule has 6 heteroatoms. The van der Waals surface area contributed by atoms with Crippen LogP contribution in [0.15, 0.2) is 54.6 Å². The van der Waals surface area contributed by atoms with Crippen LogP contribution in [0.25, 0.3) is 0 Å². The first-order valence-corrected chi connectivity index (χ1v) is 9.08. The minimum Gasteiger partial charge on any atom is -0.299 e. The second kappa shape index (κ2) is 8.17. The fourth-order valence-electron chi connectivity index (χ4n) is 2.73. The SMILES string of the molecule is O=C(NNc1ccc(F)cc1)C(c1ccccc1)N1CCSCC1. The molecule has 126 valence electrons. The van der Waals surface area contributed by atoms with Gasteiger partial charge < -0.3 is 0 Å². The van der Waals surface area contributed by atoms with Crippen molar-refractivity contribution in [1.82, 2.24) is 10.3 Å². The van der Waals surface area contributed by atoms with Gasteiger partial charge >= 0.3 is 0 Å². The number of hydrogen-bond donors (Lipinski definition) is 2. The summed E-state index contributed by atoms with van der Waals surface area (Å²) in [5.74, 6) is 1.64. The van der Waals surface area contributed by atoms with Crippen LogP contribution in [-0.2, 0) is 4.79 Å². The number of carbonyl (C=O) groups is 1. The van der Waals surface area contributed by atoms with E-state index in [4.69, 9.17) is 0 Å². The predicted octanol–water partition coefficient (Wildman–Crippen LogP) is 3.06. The zero-order chi connectivity index (χ0) is 16.8. The lowest BCUT2D eigenvalue weighted by Crippen LogP contribution is -2.45. The molecule has 0 aromatic heterocycles. The second-order valence-corrected chi connectivity index (χ2v) is 6.81. The molecule has 1 aliphatic heterocycles. The molecule has 0 saturated carbocycles.